The normalized spacial score (nSPS) is 13.0. The predicted molar refractivity (Wildman–Crippen MR) is 177 cm³/mol. The number of benzene rings is 2. The number of unbranched alkanes of at least 4 members (excludes halogenated alkanes) is 2. The minimum absolute atomic E-state index is 0.00451. The van der Waals surface area contributed by atoms with Gasteiger partial charge in [-0.2, -0.15) is 0 Å². The van der Waals surface area contributed by atoms with E-state index in [4.69, 9.17) is 13.6 Å². The summed E-state index contributed by atoms with van der Waals surface area (Å²) >= 11 is 1.32. The molecule has 46 heavy (non-hydrogen) atoms. The quantitative estimate of drug-likeness (QED) is 0.0476. The topological polar surface area (TPSA) is 147 Å². The molecule has 0 unspecified atom stereocenters. The third-order valence-electron chi connectivity index (χ3n) is 7.23. The summed E-state index contributed by atoms with van der Waals surface area (Å²) in [5, 5.41) is 30.7. The van der Waals surface area contributed by atoms with Gasteiger partial charge in [0.1, 0.15) is 28.9 Å². The number of fused-ring (bicyclic) bond motifs is 1. The van der Waals surface area contributed by atoms with Gasteiger partial charge in [0.25, 0.3) is 0 Å². The van der Waals surface area contributed by atoms with Crippen molar-refractivity contribution >= 4 is 34.5 Å². The van der Waals surface area contributed by atoms with Gasteiger partial charge >= 0.3 is 5.97 Å². The van der Waals surface area contributed by atoms with Crippen molar-refractivity contribution in [1.82, 2.24) is 0 Å². The highest BCUT2D eigenvalue weighted by molar-refractivity contribution is 8.00. The first-order valence-electron chi connectivity index (χ1n) is 15.1. The molecular formula is C36H38O9S. The van der Waals surface area contributed by atoms with Crippen LogP contribution in [0.3, 0.4) is 0 Å². The molecule has 242 valence electrons. The number of aromatic carboxylic acids is 1. The average Bonchev–Trinajstić information content (AvgIpc) is 3.46. The van der Waals surface area contributed by atoms with Crippen LogP contribution in [0.2, 0.25) is 0 Å². The molecule has 0 radical (unpaired) electrons. The van der Waals surface area contributed by atoms with Gasteiger partial charge in [0.05, 0.1) is 29.1 Å². The molecule has 4 aromatic rings. The van der Waals surface area contributed by atoms with Gasteiger partial charge in [0.15, 0.2) is 11.2 Å². The van der Waals surface area contributed by atoms with Crippen molar-refractivity contribution in [2.45, 2.75) is 69.1 Å². The van der Waals surface area contributed by atoms with Crippen LogP contribution < -0.4 is 10.2 Å². The summed E-state index contributed by atoms with van der Waals surface area (Å²) < 4.78 is 16.9. The molecule has 0 bridgehead atoms. The van der Waals surface area contributed by atoms with Crippen LogP contribution >= 0.6 is 11.8 Å². The minimum atomic E-state index is -1.33. The first-order valence-corrected chi connectivity index (χ1v) is 16.0. The Hall–Kier alpha value is -4.54. The number of aromatic hydroxyl groups is 1. The zero-order valence-electron chi connectivity index (χ0n) is 26.0. The first kappa shape index (κ1) is 34.3. The maximum absolute atomic E-state index is 12.3. The Morgan fingerprint density at radius 2 is 1.89 bits per heavy atom. The number of thioether (sulfide) groups is 1. The van der Waals surface area contributed by atoms with E-state index in [1.54, 1.807) is 42.7 Å². The number of phenols is 1. The number of hydrogen-bond donors (Lipinski definition) is 3. The maximum Gasteiger partial charge on any atom is 0.371 e. The molecule has 4 rings (SSSR count). The molecule has 0 amide bonds. The van der Waals surface area contributed by atoms with Gasteiger partial charge in [-0.05, 0) is 81.5 Å². The number of ketones is 1. The molecule has 0 saturated carbocycles. The predicted octanol–water partition coefficient (Wildman–Crippen LogP) is 7.81. The highest BCUT2D eigenvalue weighted by atomic mass is 32.2. The van der Waals surface area contributed by atoms with E-state index < -0.39 is 28.5 Å². The second-order valence-electron chi connectivity index (χ2n) is 10.9. The summed E-state index contributed by atoms with van der Waals surface area (Å²) in [6.07, 6.45) is 12.1. The Labute approximate surface area is 271 Å². The van der Waals surface area contributed by atoms with E-state index in [1.165, 1.54) is 18.7 Å². The van der Waals surface area contributed by atoms with E-state index in [0.29, 0.717) is 40.6 Å². The van der Waals surface area contributed by atoms with Crippen molar-refractivity contribution in [3.8, 4) is 11.5 Å². The second kappa shape index (κ2) is 16.1. The molecule has 0 aliphatic carbocycles. The van der Waals surface area contributed by atoms with Crippen molar-refractivity contribution in [3.63, 3.8) is 0 Å². The van der Waals surface area contributed by atoms with Crippen LogP contribution in [0.4, 0.5) is 0 Å². The number of carbonyl (C=O) groups is 2. The van der Waals surface area contributed by atoms with Crippen molar-refractivity contribution in [2.24, 2.45) is 0 Å². The molecule has 2 aromatic heterocycles. The lowest BCUT2D eigenvalue weighted by Gasteiger charge is -2.18. The van der Waals surface area contributed by atoms with Gasteiger partial charge in [-0.1, -0.05) is 37.6 Å². The molecule has 2 heterocycles. The number of aliphatic hydroxyl groups is 1. The number of carboxylic acid groups (broad SMARTS) is 1. The van der Waals surface area contributed by atoms with Crippen LogP contribution in [0.1, 0.15) is 83.4 Å². The summed E-state index contributed by atoms with van der Waals surface area (Å²) in [4.78, 5) is 36.2. The number of Topliss-reactive ketones (excluding diaryl/α,β-unsaturated/α-hetero) is 1. The lowest BCUT2D eigenvalue weighted by molar-refractivity contribution is 0.0662. The number of aliphatic hydroxyl groups excluding tert-OH is 1. The van der Waals surface area contributed by atoms with Crippen LogP contribution in [0, 0.1) is 6.92 Å². The standard InChI is InChI=1S/C36H38O9S/c1-4-11-27-29(16-15-25(23(3)37)34(27)39)43-17-10-8-6-5-7-9-12-33(35(40)31-18-22(2)21-44-31)46-24-13-14-26-28(38)20-32(36(41)42)45-30(26)19-24/h5,7,9,12-16,18-21,33,35,39-40H,4,6,8,10-11,17H2,1-3H3,(H,41,42)/b7-5-,12-9+/t33-,35+/m0/s1. The summed E-state index contributed by atoms with van der Waals surface area (Å²) in [6, 6.07) is 11.0. The van der Waals surface area contributed by atoms with Crippen LogP contribution in [-0.2, 0) is 6.42 Å². The number of carbonyl (C=O) groups excluding carboxylic acids is 1. The van der Waals surface area contributed by atoms with E-state index in [0.717, 1.165) is 37.3 Å². The molecule has 0 aliphatic heterocycles. The van der Waals surface area contributed by atoms with Crippen LogP contribution in [0.5, 0.6) is 11.5 Å². The van der Waals surface area contributed by atoms with Crippen molar-refractivity contribution < 1.29 is 38.5 Å². The number of rotatable bonds is 16. The molecule has 0 spiro atoms. The number of carboxylic acids is 1. The van der Waals surface area contributed by atoms with Gasteiger partial charge in [-0.3, -0.25) is 9.59 Å². The fourth-order valence-corrected chi connectivity index (χ4v) is 5.94. The molecular weight excluding hydrogens is 608 g/mol. The van der Waals surface area contributed by atoms with Crippen molar-refractivity contribution in [2.75, 3.05) is 6.61 Å². The Morgan fingerprint density at radius 1 is 1.09 bits per heavy atom. The summed E-state index contributed by atoms with van der Waals surface area (Å²) in [5.74, 6) is -0.935. The zero-order chi connectivity index (χ0) is 33.2. The summed E-state index contributed by atoms with van der Waals surface area (Å²) in [6.45, 7) is 5.79. The smallest absolute Gasteiger partial charge is 0.371 e. The Kier molecular flexibility index (Phi) is 12.1. The lowest BCUT2D eigenvalue weighted by atomic mass is 10.0. The third-order valence-corrected chi connectivity index (χ3v) is 8.44. The van der Waals surface area contributed by atoms with Gasteiger partial charge in [-0.25, -0.2) is 4.79 Å². The van der Waals surface area contributed by atoms with Gasteiger partial charge < -0.3 is 28.9 Å². The monoisotopic (exact) mass is 646 g/mol. The molecule has 0 fully saturated rings. The molecule has 10 heteroatoms. The number of aryl methyl sites for hydroxylation is 1. The molecule has 0 aliphatic rings. The number of furan rings is 1. The SMILES string of the molecule is CCCc1c(OCCCC/C=C\C=C\[C@H](Sc2ccc3c(=O)cc(C(=O)O)oc3c2)[C@H](O)c2cc(C)co2)ccc(C(C)=O)c1O. The fraction of sp³-hybridized carbons (Fsp3) is 0.306. The molecule has 9 nitrogen and oxygen atoms in total. The van der Waals surface area contributed by atoms with E-state index in [2.05, 4.69) is 0 Å². The number of phenolic OH excluding ortho intramolecular Hbond substituents is 1. The maximum atomic E-state index is 12.3. The largest absolute Gasteiger partial charge is 0.507 e. The first-order chi connectivity index (χ1) is 22.1. The molecule has 2 atom stereocenters. The molecule has 2 aromatic carbocycles. The Bertz CT molecular complexity index is 1800. The van der Waals surface area contributed by atoms with E-state index in [9.17, 15) is 29.7 Å². The van der Waals surface area contributed by atoms with Crippen LogP contribution in [0.25, 0.3) is 11.0 Å². The van der Waals surface area contributed by atoms with E-state index >= 15 is 0 Å². The van der Waals surface area contributed by atoms with Gasteiger partial charge in [-0.15, -0.1) is 11.8 Å². The summed E-state index contributed by atoms with van der Waals surface area (Å²) in [7, 11) is 0. The third kappa shape index (κ3) is 8.80. The minimum Gasteiger partial charge on any atom is -0.507 e. The van der Waals surface area contributed by atoms with Crippen LogP contribution in [-0.4, -0.2) is 38.9 Å². The van der Waals surface area contributed by atoms with Gasteiger partial charge in [0, 0.05) is 16.5 Å². The summed E-state index contributed by atoms with van der Waals surface area (Å²) in [5.41, 5.74) is 1.56. The van der Waals surface area contributed by atoms with Gasteiger partial charge in [0.2, 0.25) is 5.76 Å². The Balaban J connectivity index is 1.37. The highest BCUT2D eigenvalue weighted by Gasteiger charge is 2.23. The average molecular weight is 647 g/mol. The second-order valence-corrected chi connectivity index (χ2v) is 12.1. The van der Waals surface area contributed by atoms with Crippen LogP contribution in [0.15, 0.2) is 91.6 Å². The van der Waals surface area contributed by atoms with Crippen molar-refractivity contribution in [1.29, 1.82) is 0 Å². The zero-order valence-corrected chi connectivity index (χ0v) is 26.8. The number of hydrogen-bond acceptors (Lipinski definition) is 9. The number of allylic oxidation sites excluding steroid dienone is 3. The van der Waals surface area contributed by atoms with E-state index in [1.807, 2.05) is 38.2 Å². The highest BCUT2D eigenvalue weighted by Crippen LogP contribution is 2.36. The van der Waals surface area contributed by atoms with E-state index in [-0.39, 0.29) is 22.5 Å². The molecule has 0 saturated heterocycles. The molecule has 3 N–H and O–H groups in total. The van der Waals surface area contributed by atoms with Crippen molar-refractivity contribution in [3.05, 3.63) is 111 Å². The lowest BCUT2D eigenvalue weighted by Crippen LogP contribution is -2.12. The Morgan fingerprint density at radius 3 is 2.59 bits per heavy atom. The fourth-order valence-electron chi connectivity index (χ4n) is 4.87. The number of ether oxygens (including phenoxy) is 1.